The minimum atomic E-state index is -1.59. The molecule has 1 aliphatic carbocycles. The quantitative estimate of drug-likeness (QED) is 0.324. The average Bonchev–Trinajstić information content (AvgIpc) is 3.21. The Morgan fingerprint density at radius 2 is 1.95 bits per heavy atom. The lowest BCUT2D eigenvalue weighted by Gasteiger charge is -2.36. The first-order chi connectivity index (χ1) is 17.5. The fraction of sp³-hybridized carbons (Fsp3) is 0.370. The van der Waals surface area contributed by atoms with Crippen molar-refractivity contribution in [2.45, 2.75) is 57.5 Å². The predicted molar refractivity (Wildman–Crippen MR) is 140 cm³/mol. The van der Waals surface area contributed by atoms with Crippen molar-refractivity contribution >= 4 is 51.9 Å². The van der Waals surface area contributed by atoms with Crippen LogP contribution in [0.1, 0.15) is 43.5 Å². The number of fused-ring (bicyclic) bond motifs is 3. The van der Waals surface area contributed by atoms with Gasteiger partial charge in [-0.25, -0.2) is 9.18 Å². The minimum Gasteiger partial charge on any atom is -0.479 e. The van der Waals surface area contributed by atoms with E-state index < -0.39 is 35.2 Å². The molecule has 0 aliphatic heterocycles. The van der Waals surface area contributed by atoms with Crippen molar-refractivity contribution in [3.63, 3.8) is 0 Å². The predicted octanol–water partition coefficient (Wildman–Crippen LogP) is 4.82. The second-order valence-electron chi connectivity index (χ2n) is 9.64. The number of benzene rings is 2. The lowest BCUT2D eigenvalue weighted by molar-refractivity contribution is -0.149. The molecule has 0 radical (unpaired) electrons. The van der Waals surface area contributed by atoms with Crippen LogP contribution in [0.25, 0.3) is 10.9 Å². The highest BCUT2D eigenvalue weighted by Crippen LogP contribution is 2.38. The third kappa shape index (κ3) is 5.45. The Morgan fingerprint density at radius 1 is 1.22 bits per heavy atom. The highest BCUT2D eigenvalue weighted by molar-refractivity contribution is 6.38. The van der Waals surface area contributed by atoms with E-state index in [4.69, 9.17) is 23.2 Å². The van der Waals surface area contributed by atoms with Gasteiger partial charge in [0.25, 0.3) is 0 Å². The first-order valence-corrected chi connectivity index (χ1v) is 12.9. The van der Waals surface area contributed by atoms with Crippen LogP contribution in [-0.2, 0) is 33.6 Å². The Bertz CT molecular complexity index is 1380. The summed E-state index contributed by atoms with van der Waals surface area (Å²) in [4.78, 5) is 42.1. The highest BCUT2D eigenvalue weighted by Gasteiger charge is 2.45. The summed E-state index contributed by atoms with van der Waals surface area (Å²) < 4.78 is 14.0. The van der Waals surface area contributed by atoms with Crippen LogP contribution >= 0.6 is 23.2 Å². The van der Waals surface area contributed by atoms with Crippen molar-refractivity contribution in [1.82, 2.24) is 15.6 Å². The molecule has 37 heavy (non-hydrogen) atoms. The molecular weight excluding hydrogens is 520 g/mol. The lowest BCUT2D eigenvalue weighted by atomic mass is 9.79. The molecule has 196 valence electrons. The standard InChI is InChI=1S/C27H28Cl2FN3O4/c1-3-14(2)23(32-22(34)10-15-6-4-5-7-20(15)30)25(35)33-27(26(36)37)9-8-21-18(13-27)17-11-16(28)12-19(29)24(17)31-21/h4-7,11-12,14,23,31H,3,8-10,13H2,1-2H3,(H,32,34)(H,33,35)(H,36,37). The molecule has 3 aromatic rings. The summed E-state index contributed by atoms with van der Waals surface area (Å²) in [5, 5.41) is 17.3. The van der Waals surface area contributed by atoms with Gasteiger partial charge in [0.05, 0.1) is 17.0 Å². The first-order valence-electron chi connectivity index (χ1n) is 12.1. The Hall–Kier alpha value is -3.10. The summed E-state index contributed by atoms with van der Waals surface area (Å²) in [6.45, 7) is 3.66. The molecule has 2 amide bonds. The van der Waals surface area contributed by atoms with Crippen molar-refractivity contribution in [3.05, 3.63) is 69.1 Å². The van der Waals surface area contributed by atoms with Crippen LogP contribution < -0.4 is 10.6 Å². The SMILES string of the molecule is CCC(C)C(NC(=O)Cc1ccccc1F)C(=O)NC1(C(=O)O)CCc2[nH]c3c(Cl)cc(Cl)cc3c2C1. The number of amides is 2. The van der Waals surface area contributed by atoms with Crippen molar-refractivity contribution in [2.75, 3.05) is 0 Å². The first kappa shape index (κ1) is 26.9. The molecule has 4 N–H and O–H groups in total. The third-order valence-corrected chi connectivity index (χ3v) is 7.71. The van der Waals surface area contributed by atoms with Crippen LogP contribution in [0.4, 0.5) is 4.39 Å². The van der Waals surface area contributed by atoms with E-state index >= 15 is 0 Å². The number of hydrogen-bond acceptors (Lipinski definition) is 3. The molecule has 3 atom stereocenters. The molecule has 4 rings (SSSR count). The van der Waals surface area contributed by atoms with Crippen LogP contribution in [0.15, 0.2) is 36.4 Å². The smallest absolute Gasteiger partial charge is 0.329 e. The van der Waals surface area contributed by atoms with E-state index in [1.54, 1.807) is 25.1 Å². The topological polar surface area (TPSA) is 111 Å². The Labute approximate surface area is 223 Å². The molecule has 1 heterocycles. The minimum absolute atomic E-state index is 0.0243. The maximum Gasteiger partial charge on any atom is 0.329 e. The van der Waals surface area contributed by atoms with E-state index in [-0.39, 0.29) is 30.7 Å². The monoisotopic (exact) mass is 547 g/mol. The lowest BCUT2D eigenvalue weighted by Crippen LogP contribution is -2.62. The summed E-state index contributed by atoms with van der Waals surface area (Å²) in [5.74, 6) is -3.10. The van der Waals surface area contributed by atoms with Gasteiger partial charge in [-0.3, -0.25) is 9.59 Å². The molecule has 0 saturated carbocycles. The molecule has 1 aromatic heterocycles. The molecule has 7 nitrogen and oxygen atoms in total. The van der Waals surface area contributed by atoms with E-state index in [1.165, 1.54) is 18.2 Å². The molecule has 1 aliphatic rings. The van der Waals surface area contributed by atoms with Gasteiger partial charge in [-0.05, 0) is 48.1 Å². The summed E-state index contributed by atoms with van der Waals surface area (Å²) >= 11 is 12.5. The Balaban J connectivity index is 1.59. The van der Waals surface area contributed by atoms with Crippen LogP contribution in [0.3, 0.4) is 0 Å². The van der Waals surface area contributed by atoms with Gasteiger partial charge in [-0.15, -0.1) is 0 Å². The van der Waals surface area contributed by atoms with Gasteiger partial charge in [0, 0.05) is 22.5 Å². The number of H-pyrrole nitrogens is 1. The number of carbonyl (C=O) groups is 3. The highest BCUT2D eigenvalue weighted by atomic mass is 35.5. The molecule has 0 saturated heterocycles. The molecule has 0 fully saturated rings. The number of nitrogens with one attached hydrogen (secondary N) is 3. The molecule has 0 bridgehead atoms. The van der Waals surface area contributed by atoms with Crippen LogP contribution in [0.5, 0.6) is 0 Å². The van der Waals surface area contributed by atoms with Gasteiger partial charge in [0.15, 0.2) is 0 Å². The molecule has 2 aromatic carbocycles. The van der Waals surface area contributed by atoms with Gasteiger partial charge in [0.1, 0.15) is 17.4 Å². The zero-order valence-electron chi connectivity index (χ0n) is 20.5. The van der Waals surface area contributed by atoms with Gasteiger partial charge in [-0.1, -0.05) is 61.7 Å². The van der Waals surface area contributed by atoms with Crippen molar-refractivity contribution in [2.24, 2.45) is 5.92 Å². The number of rotatable bonds is 8. The number of aromatic nitrogens is 1. The Kier molecular flexibility index (Phi) is 7.80. The number of carbonyl (C=O) groups excluding carboxylic acids is 2. The molecule has 3 unspecified atom stereocenters. The van der Waals surface area contributed by atoms with E-state index in [1.807, 2.05) is 6.92 Å². The fourth-order valence-corrected chi connectivity index (χ4v) is 5.41. The summed E-state index contributed by atoms with van der Waals surface area (Å²) in [7, 11) is 0. The third-order valence-electron chi connectivity index (χ3n) is 7.19. The molecular formula is C27H28Cl2FN3O4. The van der Waals surface area contributed by atoms with E-state index in [2.05, 4.69) is 15.6 Å². The maximum absolute atomic E-state index is 14.0. The molecule has 10 heteroatoms. The average molecular weight is 548 g/mol. The van der Waals surface area contributed by atoms with Crippen molar-refractivity contribution < 1.29 is 23.9 Å². The zero-order chi connectivity index (χ0) is 26.9. The number of carboxylic acid groups (broad SMARTS) is 1. The summed E-state index contributed by atoms with van der Waals surface area (Å²) in [6.07, 6.45) is 0.864. The largest absolute Gasteiger partial charge is 0.479 e. The van der Waals surface area contributed by atoms with Crippen molar-refractivity contribution in [1.29, 1.82) is 0 Å². The van der Waals surface area contributed by atoms with Gasteiger partial charge in [0.2, 0.25) is 11.8 Å². The second kappa shape index (κ2) is 10.7. The van der Waals surface area contributed by atoms with Gasteiger partial charge < -0.3 is 20.7 Å². The van der Waals surface area contributed by atoms with Gasteiger partial charge in [-0.2, -0.15) is 0 Å². The molecule has 0 spiro atoms. The Morgan fingerprint density at radius 3 is 2.62 bits per heavy atom. The van der Waals surface area contributed by atoms with E-state index in [0.717, 1.165) is 11.3 Å². The second-order valence-corrected chi connectivity index (χ2v) is 10.5. The van der Waals surface area contributed by atoms with Crippen LogP contribution in [-0.4, -0.2) is 39.5 Å². The normalized spacial score (nSPS) is 18.6. The van der Waals surface area contributed by atoms with Crippen LogP contribution in [0, 0.1) is 11.7 Å². The number of halogens is 3. The van der Waals surface area contributed by atoms with Gasteiger partial charge >= 0.3 is 5.97 Å². The fourth-order valence-electron chi connectivity index (χ4n) is 4.87. The summed E-state index contributed by atoms with van der Waals surface area (Å²) in [6, 6.07) is 8.27. The van der Waals surface area contributed by atoms with E-state index in [0.29, 0.717) is 33.8 Å². The number of carboxylic acids is 1. The zero-order valence-corrected chi connectivity index (χ0v) is 22.0. The maximum atomic E-state index is 14.0. The number of aliphatic carboxylic acids is 1. The van der Waals surface area contributed by atoms with Crippen molar-refractivity contribution in [3.8, 4) is 0 Å². The van der Waals surface area contributed by atoms with E-state index in [9.17, 15) is 23.9 Å². The van der Waals surface area contributed by atoms with Crippen LogP contribution in [0.2, 0.25) is 10.0 Å². The summed E-state index contributed by atoms with van der Waals surface area (Å²) in [5.41, 5.74) is 0.873. The number of hydrogen-bond donors (Lipinski definition) is 4. The number of aromatic amines is 1. The number of aryl methyl sites for hydroxylation is 1.